The van der Waals surface area contributed by atoms with E-state index >= 15 is 0 Å². The third kappa shape index (κ3) is 2.02. The fourth-order valence-electron chi connectivity index (χ4n) is 2.02. The number of aromatic nitrogens is 2. The number of fused-ring (bicyclic) bond motifs is 1. The van der Waals surface area contributed by atoms with Crippen LogP contribution in [0.3, 0.4) is 0 Å². The molecule has 3 rings (SSSR count). The number of hydrogen-bond acceptors (Lipinski definition) is 2. The molecule has 0 bridgehead atoms. The predicted molar refractivity (Wildman–Crippen MR) is 73.6 cm³/mol. The maximum Gasteiger partial charge on any atom is 0.201 e. The van der Waals surface area contributed by atoms with Gasteiger partial charge < -0.3 is 4.98 Å². The summed E-state index contributed by atoms with van der Waals surface area (Å²) in [6.45, 7) is 0. The fraction of sp³-hybridized carbons (Fsp3) is 0. The molecule has 0 unspecified atom stereocenters. The SMILES string of the molecule is O=C(c1c(F)cccc1F)c1c[nH]c2ncc(Br)cc12. The highest BCUT2D eigenvalue weighted by atomic mass is 79.9. The Bertz CT molecular complexity index is 809. The van der Waals surface area contributed by atoms with Crippen LogP contribution in [-0.2, 0) is 0 Å². The van der Waals surface area contributed by atoms with Crippen LogP contribution >= 0.6 is 15.9 Å². The summed E-state index contributed by atoms with van der Waals surface area (Å²) in [6, 6.07) is 5.00. The number of hydrogen-bond donors (Lipinski definition) is 1. The maximum atomic E-state index is 13.7. The van der Waals surface area contributed by atoms with E-state index in [9.17, 15) is 13.6 Å². The quantitative estimate of drug-likeness (QED) is 0.723. The summed E-state index contributed by atoms with van der Waals surface area (Å²) < 4.78 is 28.0. The summed E-state index contributed by atoms with van der Waals surface area (Å²) in [7, 11) is 0. The highest BCUT2D eigenvalue weighted by Crippen LogP contribution is 2.24. The van der Waals surface area contributed by atoms with Gasteiger partial charge >= 0.3 is 0 Å². The minimum absolute atomic E-state index is 0.179. The van der Waals surface area contributed by atoms with E-state index in [4.69, 9.17) is 0 Å². The Morgan fingerprint density at radius 3 is 2.65 bits per heavy atom. The average Bonchev–Trinajstić information content (AvgIpc) is 2.81. The topological polar surface area (TPSA) is 45.8 Å². The lowest BCUT2D eigenvalue weighted by molar-refractivity contribution is 0.103. The van der Waals surface area contributed by atoms with Crippen molar-refractivity contribution < 1.29 is 13.6 Å². The number of pyridine rings is 1. The van der Waals surface area contributed by atoms with E-state index in [0.717, 1.165) is 12.1 Å². The van der Waals surface area contributed by atoms with Crippen molar-refractivity contribution in [2.75, 3.05) is 0 Å². The van der Waals surface area contributed by atoms with Crippen LogP contribution < -0.4 is 0 Å². The third-order valence-corrected chi connectivity index (χ3v) is 3.37. The zero-order chi connectivity index (χ0) is 14.3. The van der Waals surface area contributed by atoms with Crippen LogP contribution in [0.4, 0.5) is 8.78 Å². The Morgan fingerprint density at radius 2 is 1.95 bits per heavy atom. The predicted octanol–water partition coefficient (Wildman–Crippen LogP) is 3.83. The van der Waals surface area contributed by atoms with Crippen molar-refractivity contribution in [1.29, 1.82) is 0 Å². The lowest BCUT2D eigenvalue weighted by Gasteiger charge is -2.03. The second-order valence-corrected chi connectivity index (χ2v) is 5.09. The molecule has 0 aliphatic carbocycles. The Kier molecular flexibility index (Phi) is 3.10. The van der Waals surface area contributed by atoms with Gasteiger partial charge in [-0.2, -0.15) is 0 Å². The first-order chi connectivity index (χ1) is 9.58. The Balaban J connectivity index is 2.21. The highest BCUT2D eigenvalue weighted by molar-refractivity contribution is 9.10. The van der Waals surface area contributed by atoms with Crippen molar-refractivity contribution in [2.45, 2.75) is 0 Å². The van der Waals surface area contributed by atoms with Gasteiger partial charge in [0.25, 0.3) is 0 Å². The van der Waals surface area contributed by atoms with Gasteiger partial charge in [0.15, 0.2) is 0 Å². The van der Waals surface area contributed by atoms with E-state index in [2.05, 4.69) is 25.9 Å². The number of rotatable bonds is 2. The summed E-state index contributed by atoms with van der Waals surface area (Å²) in [5.74, 6) is -2.48. The molecule has 0 radical (unpaired) electrons. The molecule has 0 aliphatic heterocycles. The summed E-state index contributed by atoms with van der Waals surface area (Å²) in [6.07, 6.45) is 2.97. The lowest BCUT2D eigenvalue weighted by atomic mass is 10.0. The van der Waals surface area contributed by atoms with E-state index < -0.39 is 23.0 Å². The van der Waals surface area contributed by atoms with Crippen LogP contribution in [0.1, 0.15) is 15.9 Å². The monoisotopic (exact) mass is 336 g/mol. The first kappa shape index (κ1) is 12.9. The van der Waals surface area contributed by atoms with E-state index in [-0.39, 0.29) is 5.56 Å². The minimum Gasteiger partial charge on any atom is -0.345 e. The third-order valence-electron chi connectivity index (χ3n) is 2.93. The molecule has 0 aliphatic rings. The molecule has 1 aromatic carbocycles. The van der Waals surface area contributed by atoms with E-state index in [1.807, 2.05) is 0 Å². The molecule has 0 atom stereocenters. The van der Waals surface area contributed by atoms with Gasteiger partial charge in [-0.05, 0) is 34.1 Å². The second kappa shape index (κ2) is 4.79. The standard InChI is InChI=1S/C14H7BrF2N2O/c15-7-4-8-9(6-19-14(8)18-5-7)13(20)12-10(16)2-1-3-11(12)17/h1-6H,(H,18,19). The van der Waals surface area contributed by atoms with Crippen molar-refractivity contribution in [3.63, 3.8) is 0 Å². The Labute approximate surface area is 120 Å². The van der Waals surface area contributed by atoms with E-state index in [1.165, 1.54) is 12.3 Å². The number of halogens is 3. The van der Waals surface area contributed by atoms with Gasteiger partial charge in [0.2, 0.25) is 5.78 Å². The van der Waals surface area contributed by atoms with Crippen molar-refractivity contribution in [2.24, 2.45) is 0 Å². The molecule has 0 spiro atoms. The number of ketones is 1. The number of benzene rings is 1. The van der Waals surface area contributed by atoms with Crippen LogP contribution in [-0.4, -0.2) is 15.8 Å². The van der Waals surface area contributed by atoms with Gasteiger partial charge in [-0.15, -0.1) is 0 Å². The molecule has 0 fully saturated rings. The normalized spacial score (nSPS) is 10.9. The van der Waals surface area contributed by atoms with Crippen LogP contribution in [0.2, 0.25) is 0 Å². The summed E-state index contributed by atoms with van der Waals surface area (Å²) in [4.78, 5) is 19.2. The minimum atomic E-state index is -0.882. The van der Waals surface area contributed by atoms with Crippen LogP contribution in [0.5, 0.6) is 0 Å². The fourth-order valence-corrected chi connectivity index (χ4v) is 2.35. The van der Waals surface area contributed by atoms with Crippen molar-refractivity contribution in [3.05, 3.63) is 63.9 Å². The Hall–Kier alpha value is -2.08. The smallest absolute Gasteiger partial charge is 0.201 e. The molecular weight excluding hydrogens is 330 g/mol. The second-order valence-electron chi connectivity index (χ2n) is 4.18. The molecule has 100 valence electrons. The number of nitrogens with one attached hydrogen (secondary N) is 1. The zero-order valence-corrected chi connectivity index (χ0v) is 11.5. The summed E-state index contributed by atoms with van der Waals surface area (Å²) >= 11 is 3.25. The molecule has 3 aromatic rings. The van der Waals surface area contributed by atoms with Gasteiger partial charge in [-0.25, -0.2) is 13.8 Å². The van der Waals surface area contributed by atoms with Crippen molar-refractivity contribution >= 4 is 32.7 Å². The number of H-pyrrole nitrogens is 1. The largest absolute Gasteiger partial charge is 0.345 e. The molecule has 0 saturated carbocycles. The van der Waals surface area contributed by atoms with Crippen LogP contribution in [0, 0.1) is 11.6 Å². The number of carbonyl (C=O) groups excluding carboxylic acids is 1. The highest BCUT2D eigenvalue weighted by Gasteiger charge is 2.21. The maximum absolute atomic E-state index is 13.7. The van der Waals surface area contributed by atoms with Crippen molar-refractivity contribution in [1.82, 2.24) is 9.97 Å². The molecule has 3 nitrogen and oxygen atoms in total. The molecule has 0 saturated heterocycles. The molecular formula is C14H7BrF2N2O. The van der Waals surface area contributed by atoms with Gasteiger partial charge in [0.1, 0.15) is 17.3 Å². The zero-order valence-electron chi connectivity index (χ0n) is 9.95. The molecule has 2 heterocycles. The summed E-state index contributed by atoms with van der Waals surface area (Å²) in [5.41, 5.74) is 0.0967. The number of aromatic amines is 1. The number of nitrogens with zero attached hydrogens (tertiary/aromatic N) is 1. The first-order valence-electron chi connectivity index (χ1n) is 5.69. The lowest BCUT2D eigenvalue weighted by Crippen LogP contribution is -2.06. The molecule has 0 amide bonds. The number of carbonyl (C=O) groups is 1. The molecule has 1 N–H and O–H groups in total. The molecule has 2 aromatic heterocycles. The van der Waals surface area contributed by atoms with Gasteiger partial charge in [-0.3, -0.25) is 4.79 Å². The van der Waals surface area contributed by atoms with Crippen molar-refractivity contribution in [3.8, 4) is 0 Å². The van der Waals surface area contributed by atoms with Crippen LogP contribution in [0.25, 0.3) is 11.0 Å². The molecule has 20 heavy (non-hydrogen) atoms. The summed E-state index contributed by atoms with van der Waals surface area (Å²) in [5, 5.41) is 0.507. The van der Waals surface area contributed by atoms with Gasteiger partial charge in [0, 0.05) is 27.8 Å². The average molecular weight is 337 g/mol. The first-order valence-corrected chi connectivity index (χ1v) is 6.48. The van der Waals surface area contributed by atoms with Gasteiger partial charge in [0.05, 0.1) is 5.56 Å². The van der Waals surface area contributed by atoms with E-state index in [1.54, 1.807) is 12.3 Å². The molecule has 6 heteroatoms. The Morgan fingerprint density at radius 1 is 1.25 bits per heavy atom. The van der Waals surface area contributed by atoms with Gasteiger partial charge in [-0.1, -0.05) is 6.07 Å². The van der Waals surface area contributed by atoms with Crippen LogP contribution in [0.15, 0.2) is 41.1 Å². The van der Waals surface area contributed by atoms with E-state index in [0.29, 0.717) is 15.5 Å².